The van der Waals surface area contributed by atoms with E-state index in [-0.39, 0.29) is 5.02 Å². The van der Waals surface area contributed by atoms with Gasteiger partial charge in [-0.1, -0.05) is 23.7 Å². The number of hydrogen-bond acceptors (Lipinski definition) is 2. The number of aromatic nitrogens is 2. The van der Waals surface area contributed by atoms with E-state index >= 15 is 0 Å². The van der Waals surface area contributed by atoms with Gasteiger partial charge in [-0.25, -0.2) is 9.07 Å². The van der Waals surface area contributed by atoms with Gasteiger partial charge in [-0.15, -0.1) is 0 Å². The van der Waals surface area contributed by atoms with E-state index in [1.165, 1.54) is 6.07 Å². The fraction of sp³-hybridized carbons (Fsp3) is 0.0625. The second-order valence-corrected chi connectivity index (χ2v) is 5.01. The molecule has 0 radical (unpaired) electrons. The van der Waals surface area contributed by atoms with Crippen LogP contribution in [0, 0.1) is 5.82 Å². The molecule has 5 heteroatoms. The third-order valence-corrected chi connectivity index (χ3v) is 3.39. The van der Waals surface area contributed by atoms with Gasteiger partial charge in [0.2, 0.25) is 0 Å². The minimum atomic E-state index is -0.402. The molecule has 1 heterocycles. The van der Waals surface area contributed by atoms with Gasteiger partial charge in [0.25, 0.3) is 0 Å². The van der Waals surface area contributed by atoms with Gasteiger partial charge in [0.05, 0.1) is 10.7 Å². The average Bonchev–Trinajstić information content (AvgIpc) is 3.03. The summed E-state index contributed by atoms with van der Waals surface area (Å²) in [5.74, 6) is -0.402. The van der Waals surface area contributed by atoms with Crippen molar-refractivity contribution in [2.75, 3.05) is 5.32 Å². The first-order valence-corrected chi connectivity index (χ1v) is 6.88. The highest BCUT2D eigenvalue weighted by molar-refractivity contribution is 6.30. The fourth-order valence-corrected chi connectivity index (χ4v) is 2.24. The molecule has 0 spiro atoms. The number of rotatable bonds is 4. The van der Waals surface area contributed by atoms with Crippen LogP contribution in [0.4, 0.5) is 10.1 Å². The first-order valence-electron chi connectivity index (χ1n) is 6.50. The number of benzene rings is 2. The van der Waals surface area contributed by atoms with Crippen molar-refractivity contribution < 1.29 is 4.39 Å². The number of nitrogens with zero attached hydrogens (tertiary/aromatic N) is 2. The number of nitrogens with one attached hydrogen (secondary N) is 1. The predicted molar refractivity (Wildman–Crippen MR) is 82.3 cm³/mol. The zero-order valence-corrected chi connectivity index (χ0v) is 11.9. The summed E-state index contributed by atoms with van der Waals surface area (Å²) >= 11 is 5.77. The summed E-state index contributed by atoms with van der Waals surface area (Å²) in [7, 11) is 0. The third-order valence-electron chi connectivity index (χ3n) is 3.10. The number of halogens is 2. The topological polar surface area (TPSA) is 29.9 Å². The molecule has 0 aliphatic carbocycles. The van der Waals surface area contributed by atoms with E-state index < -0.39 is 5.82 Å². The Morgan fingerprint density at radius 2 is 2.05 bits per heavy atom. The summed E-state index contributed by atoms with van der Waals surface area (Å²) in [5, 5.41) is 7.62. The lowest BCUT2D eigenvalue weighted by atomic mass is 10.2. The lowest BCUT2D eigenvalue weighted by molar-refractivity contribution is 0.627. The van der Waals surface area contributed by atoms with Crippen LogP contribution in [0.25, 0.3) is 5.69 Å². The van der Waals surface area contributed by atoms with E-state index in [1.54, 1.807) is 23.0 Å². The highest BCUT2D eigenvalue weighted by Gasteiger charge is 2.02. The molecule has 0 aliphatic heterocycles. The summed E-state index contributed by atoms with van der Waals surface area (Å²) in [4.78, 5) is 0. The van der Waals surface area contributed by atoms with Gasteiger partial charge in [0.15, 0.2) is 0 Å². The molecule has 0 saturated carbocycles. The molecule has 1 N–H and O–H groups in total. The minimum Gasteiger partial charge on any atom is -0.381 e. The quantitative estimate of drug-likeness (QED) is 0.779. The largest absolute Gasteiger partial charge is 0.381 e. The Kier molecular flexibility index (Phi) is 3.88. The van der Waals surface area contributed by atoms with Crippen molar-refractivity contribution in [3.63, 3.8) is 0 Å². The van der Waals surface area contributed by atoms with Crippen molar-refractivity contribution in [1.29, 1.82) is 0 Å². The van der Waals surface area contributed by atoms with Crippen molar-refractivity contribution >= 4 is 17.3 Å². The molecule has 3 aromatic rings. The van der Waals surface area contributed by atoms with Gasteiger partial charge in [0.1, 0.15) is 5.82 Å². The minimum absolute atomic E-state index is 0.139. The predicted octanol–water partition coefficient (Wildman–Crippen LogP) is 4.28. The monoisotopic (exact) mass is 301 g/mol. The summed E-state index contributed by atoms with van der Waals surface area (Å²) in [6, 6.07) is 14.5. The van der Waals surface area contributed by atoms with Gasteiger partial charge in [-0.3, -0.25) is 0 Å². The van der Waals surface area contributed by atoms with Crippen LogP contribution in [0.1, 0.15) is 5.56 Å². The van der Waals surface area contributed by atoms with E-state index in [1.807, 2.05) is 36.5 Å². The highest BCUT2D eigenvalue weighted by Crippen LogP contribution is 2.18. The van der Waals surface area contributed by atoms with Crippen LogP contribution in [0.2, 0.25) is 5.02 Å². The molecule has 0 atom stereocenters. The zero-order chi connectivity index (χ0) is 14.7. The Labute approximate surface area is 127 Å². The van der Waals surface area contributed by atoms with E-state index in [2.05, 4.69) is 10.4 Å². The Hall–Kier alpha value is -2.33. The Balaban J connectivity index is 1.73. The molecule has 3 nitrogen and oxygen atoms in total. The Bertz CT molecular complexity index is 741. The molecular weight excluding hydrogens is 289 g/mol. The molecule has 106 valence electrons. The van der Waals surface area contributed by atoms with E-state index in [4.69, 9.17) is 11.6 Å². The molecular formula is C16H13ClFN3. The number of hydrogen-bond donors (Lipinski definition) is 1. The highest BCUT2D eigenvalue weighted by atomic mass is 35.5. The van der Waals surface area contributed by atoms with Crippen molar-refractivity contribution in [1.82, 2.24) is 9.78 Å². The van der Waals surface area contributed by atoms with Gasteiger partial charge in [-0.05, 0) is 42.0 Å². The molecule has 0 bridgehead atoms. The standard InChI is InChI=1S/C16H13ClFN3/c17-15-9-12(5-6-16(15)18)11-19-13-3-1-4-14(10-13)21-8-2-7-20-21/h1-10,19H,11H2. The zero-order valence-electron chi connectivity index (χ0n) is 11.1. The van der Waals surface area contributed by atoms with Crippen molar-refractivity contribution in [3.8, 4) is 5.69 Å². The Morgan fingerprint density at radius 1 is 1.14 bits per heavy atom. The second-order valence-electron chi connectivity index (χ2n) is 4.60. The summed E-state index contributed by atoms with van der Waals surface area (Å²) < 4.78 is 14.9. The second kappa shape index (κ2) is 5.97. The van der Waals surface area contributed by atoms with Crippen LogP contribution in [-0.2, 0) is 6.54 Å². The fourth-order valence-electron chi connectivity index (χ4n) is 2.03. The smallest absolute Gasteiger partial charge is 0.141 e. The van der Waals surface area contributed by atoms with Crippen molar-refractivity contribution in [2.45, 2.75) is 6.54 Å². The maximum absolute atomic E-state index is 13.1. The molecule has 0 amide bonds. The summed E-state index contributed by atoms with van der Waals surface area (Å²) in [6.07, 6.45) is 3.62. The Morgan fingerprint density at radius 3 is 2.81 bits per heavy atom. The third kappa shape index (κ3) is 3.23. The first-order chi connectivity index (χ1) is 10.2. The van der Waals surface area contributed by atoms with Crippen LogP contribution in [-0.4, -0.2) is 9.78 Å². The molecule has 0 saturated heterocycles. The lowest BCUT2D eigenvalue weighted by Gasteiger charge is -2.09. The lowest BCUT2D eigenvalue weighted by Crippen LogP contribution is -2.01. The normalized spacial score (nSPS) is 10.6. The number of anilines is 1. The van der Waals surface area contributed by atoms with Crippen LogP contribution in [0.3, 0.4) is 0 Å². The van der Waals surface area contributed by atoms with Crippen LogP contribution in [0.5, 0.6) is 0 Å². The van der Waals surface area contributed by atoms with Crippen LogP contribution >= 0.6 is 11.6 Å². The summed E-state index contributed by atoms with van der Waals surface area (Å²) in [6.45, 7) is 0.572. The van der Waals surface area contributed by atoms with Gasteiger partial charge < -0.3 is 5.32 Å². The van der Waals surface area contributed by atoms with Crippen LogP contribution in [0.15, 0.2) is 60.9 Å². The maximum Gasteiger partial charge on any atom is 0.141 e. The van der Waals surface area contributed by atoms with E-state index in [0.29, 0.717) is 6.54 Å². The summed E-state index contributed by atoms with van der Waals surface area (Å²) in [5.41, 5.74) is 2.86. The van der Waals surface area contributed by atoms with Gasteiger partial charge in [-0.2, -0.15) is 5.10 Å². The van der Waals surface area contributed by atoms with Gasteiger partial charge in [0, 0.05) is 24.6 Å². The molecule has 3 rings (SSSR count). The van der Waals surface area contributed by atoms with Gasteiger partial charge >= 0.3 is 0 Å². The van der Waals surface area contributed by atoms with E-state index in [0.717, 1.165) is 16.9 Å². The maximum atomic E-state index is 13.1. The van der Waals surface area contributed by atoms with Crippen molar-refractivity contribution in [3.05, 3.63) is 77.3 Å². The molecule has 0 fully saturated rings. The molecule has 0 aliphatic rings. The molecule has 21 heavy (non-hydrogen) atoms. The molecule has 0 unspecified atom stereocenters. The van der Waals surface area contributed by atoms with Crippen molar-refractivity contribution in [2.24, 2.45) is 0 Å². The SMILES string of the molecule is Fc1ccc(CNc2cccc(-n3cccn3)c2)cc1Cl. The first kappa shape index (κ1) is 13.6. The molecule has 2 aromatic carbocycles. The average molecular weight is 302 g/mol. The van der Waals surface area contributed by atoms with Crippen LogP contribution < -0.4 is 5.32 Å². The molecule has 1 aromatic heterocycles. The van der Waals surface area contributed by atoms with E-state index in [9.17, 15) is 4.39 Å².